The van der Waals surface area contributed by atoms with Crippen LogP contribution in [0.4, 0.5) is 0 Å². The molecule has 0 radical (unpaired) electrons. The highest BCUT2D eigenvalue weighted by Crippen LogP contribution is 2.16. The predicted molar refractivity (Wildman–Crippen MR) is 94.9 cm³/mol. The average molecular weight is 353 g/mol. The molecule has 0 saturated heterocycles. The van der Waals surface area contributed by atoms with Crippen LogP contribution in [0.3, 0.4) is 0 Å². The minimum Gasteiger partial charge on any atom is -0.508 e. The highest BCUT2D eigenvalue weighted by atomic mass is 16.3. The molecule has 0 aliphatic heterocycles. The summed E-state index contributed by atoms with van der Waals surface area (Å²) in [5.74, 6) is -0.692. The lowest BCUT2D eigenvalue weighted by Crippen LogP contribution is -2.37. The van der Waals surface area contributed by atoms with Gasteiger partial charge in [0.2, 0.25) is 0 Å². The van der Waals surface area contributed by atoms with Gasteiger partial charge in [0.1, 0.15) is 17.0 Å². The fraction of sp³-hybridized carbons (Fsp3) is 0.222. The first kappa shape index (κ1) is 17.4. The molecule has 3 aromatic rings. The second-order valence-electron chi connectivity index (χ2n) is 6.12. The quantitative estimate of drug-likeness (QED) is 0.716. The smallest absolute Gasteiger partial charge is 0.272 e. The van der Waals surface area contributed by atoms with E-state index in [-0.39, 0.29) is 28.9 Å². The maximum Gasteiger partial charge on any atom is 0.272 e. The van der Waals surface area contributed by atoms with E-state index in [0.29, 0.717) is 12.1 Å². The van der Waals surface area contributed by atoms with Gasteiger partial charge in [-0.25, -0.2) is 9.50 Å². The molecule has 1 unspecified atom stereocenters. The molecule has 0 spiro atoms. The fourth-order valence-corrected chi connectivity index (χ4v) is 2.72. The first-order valence-corrected chi connectivity index (χ1v) is 8.06. The van der Waals surface area contributed by atoms with Gasteiger partial charge in [-0.1, -0.05) is 12.1 Å². The molecule has 0 aliphatic rings. The summed E-state index contributed by atoms with van der Waals surface area (Å²) in [4.78, 5) is 30.0. The van der Waals surface area contributed by atoms with Crippen LogP contribution in [0.15, 0.2) is 42.7 Å². The topological polar surface area (TPSA) is 114 Å². The molecule has 134 valence electrons. The fourth-order valence-electron chi connectivity index (χ4n) is 2.72. The second kappa shape index (κ2) is 6.83. The number of carbonyl (C=O) groups excluding carboxylic acids is 2. The van der Waals surface area contributed by atoms with E-state index in [4.69, 9.17) is 5.73 Å². The summed E-state index contributed by atoms with van der Waals surface area (Å²) in [6, 6.07) is 8.33. The number of aromatic nitrogens is 3. The molecular formula is C18H19N5O3. The summed E-state index contributed by atoms with van der Waals surface area (Å²) in [5, 5.41) is 13.4. The van der Waals surface area contributed by atoms with Crippen LogP contribution in [-0.2, 0) is 6.42 Å². The molecule has 2 heterocycles. The van der Waals surface area contributed by atoms with E-state index in [1.807, 2.05) is 19.1 Å². The van der Waals surface area contributed by atoms with Crippen LogP contribution in [0.25, 0.3) is 5.65 Å². The van der Waals surface area contributed by atoms with E-state index in [0.717, 1.165) is 5.56 Å². The Hall–Kier alpha value is -3.42. The molecule has 2 aromatic heterocycles. The van der Waals surface area contributed by atoms with Gasteiger partial charge in [0.05, 0.1) is 6.20 Å². The standard InChI is InChI=1S/C18H19N5O3/c1-11(9-12-3-5-13(24)6-4-12)22(2)18(26)15-7-8-20-17-14(16(19)25)10-21-23(15)17/h3-8,10-11,24H,9H2,1-2H3,(H2,19,25). The van der Waals surface area contributed by atoms with Crippen molar-refractivity contribution in [2.24, 2.45) is 5.73 Å². The van der Waals surface area contributed by atoms with E-state index in [9.17, 15) is 14.7 Å². The Morgan fingerprint density at radius 1 is 1.27 bits per heavy atom. The van der Waals surface area contributed by atoms with E-state index >= 15 is 0 Å². The number of likely N-dealkylation sites (N-methyl/N-ethyl adjacent to an activating group) is 1. The van der Waals surface area contributed by atoms with Gasteiger partial charge in [0.25, 0.3) is 11.8 Å². The number of hydrogen-bond donors (Lipinski definition) is 2. The zero-order chi connectivity index (χ0) is 18.8. The van der Waals surface area contributed by atoms with Crippen LogP contribution in [0.5, 0.6) is 5.75 Å². The van der Waals surface area contributed by atoms with Crippen molar-refractivity contribution in [3.63, 3.8) is 0 Å². The molecule has 26 heavy (non-hydrogen) atoms. The number of fused-ring (bicyclic) bond motifs is 1. The lowest BCUT2D eigenvalue weighted by molar-refractivity contribution is 0.0734. The zero-order valence-electron chi connectivity index (χ0n) is 14.5. The van der Waals surface area contributed by atoms with Gasteiger partial charge in [0.15, 0.2) is 5.65 Å². The van der Waals surface area contributed by atoms with Crippen molar-refractivity contribution in [1.82, 2.24) is 19.5 Å². The minimum absolute atomic E-state index is 0.0959. The lowest BCUT2D eigenvalue weighted by Gasteiger charge is -2.25. The summed E-state index contributed by atoms with van der Waals surface area (Å²) >= 11 is 0. The Bertz CT molecular complexity index is 965. The summed E-state index contributed by atoms with van der Waals surface area (Å²) in [5.41, 5.74) is 7.03. The largest absolute Gasteiger partial charge is 0.508 e. The number of benzene rings is 1. The number of rotatable bonds is 5. The average Bonchev–Trinajstić information content (AvgIpc) is 3.06. The van der Waals surface area contributed by atoms with Crippen molar-refractivity contribution in [3.8, 4) is 5.75 Å². The van der Waals surface area contributed by atoms with Gasteiger partial charge in [-0.2, -0.15) is 5.10 Å². The van der Waals surface area contributed by atoms with Gasteiger partial charge in [-0.15, -0.1) is 0 Å². The zero-order valence-corrected chi connectivity index (χ0v) is 14.5. The van der Waals surface area contributed by atoms with Crippen LogP contribution in [0, 0.1) is 0 Å². The molecule has 0 aliphatic carbocycles. The predicted octanol–water partition coefficient (Wildman–Crippen LogP) is 1.24. The Labute approximate surface area is 149 Å². The van der Waals surface area contributed by atoms with Crippen LogP contribution in [0.1, 0.15) is 33.3 Å². The molecule has 2 amide bonds. The third kappa shape index (κ3) is 3.21. The number of nitrogens with zero attached hydrogens (tertiary/aromatic N) is 4. The van der Waals surface area contributed by atoms with Crippen LogP contribution < -0.4 is 5.73 Å². The second-order valence-corrected chi connectivity index (χ2v) is 6.12. The summed E-state index contributed by atoms with van der Waals surface area (Å²) < 4.78 is 1.33. The van der Waals surface area contributed by atoms with E-state index < -0.39 is 5.91 Å². The van der Waals surface area contributed by atoms with Crippen LogP contribution >= 0.6 is 0 Å². The maximum absolute atomic E-state index is 12.9. The molecule has 1 aromatic carbocycles. The van der Waals surface area contributed by atoms with Crippen LogP contribution in [-0.4, -0.2) is 49.5 Å². The SMILES string of the molecule is CC(Cc1ccc(O)cc1)N(C)C(=O)c1ccnc2c(C(N)=O)cnn12. The summed E-state index contributed by atoms with van der Waals surface area (Å²) in [7, 11) is 1.71. The molecular weight excluding hydrogens is 334 g/mol. The van der Waals surface area contributed by atoms with Gasteiger partial charge < -0.3 is 15.7 Å². The molecule has 0 fully saturated rings. The molecule has 3 N–H and O–H groups in total. The van der Waals surface area contributed by atoms with Crippen molar-refractivity contribution in [2.45, 2.75) is 19.4 Å². The van der Waals surface area contributed by atoms with E-state index in [2.05, 4.69) is 10.1 Å². The van der Waals surface area contributed by atoms with Crippen molar-refractivity contribution in [3.05, 3.63) is 59.5 Å². The highest BCUT2D eigenvalue weighted by Gasteiger charge is 2.22. The molecule has 3 rings (SSSR count). The number of nitrogens with two attached hydrogens (primary N) is 1. The third-order valence-corrected chi connectivity index (χ3v) is 4.33. The Morgan fingerprint density at radius 2 is 1.96 bits per heavy atom. The van der Waals surface area contributed by atoms with Gasteiger partial charge in [-0.3, -0.25) is 9.59 Å². The Morgan fingerprint density at radius 3 is 2.62 bits per heavy atom. The highest BCUT2D eigenvalue weighted by molar-refractivity contribution is 5.99. The minimum atomic E-state index is -0.647. The molecule has 1 atom stereocenters. The molecule has 0 saturated carbocycles. The van der Waals surface area contributed by atoms with Gasteiger partial charge in [0, 0.05) is 19.3 Å². The number of amides is 2. The normalized spacial score (nSPS) is 12.1. The van der Waals surface area contributed by atoms with Crippen molar-refractivity contribution < 1.29 is 14.7 Å². The van der Waals surface area contributed by atoms with E-state index in [1.54, 1.807) is 30.1 Å². The molecule has 8 heteroatoms. The van der Waals surface area contributed by atoms with Gasteiger partial charge >= 0.3 is 0 Å². The van der Waals surface area contributed by atoms with Crippen molar-refractivity contribution in [2.75, 3.05) is 7.05 Å². The summed E-state index contributed by atoms with van der Waals surface area (Å²) in [6.45, 7) is 1.93. The third-order valence-electron chi connectivity index (χ3n) is 4.33. The number of aromatic hydroxyl groups is 1. The van der Waals surface area contributed by atoms with E-state index in [1.165, 1.54) is 16.9 Å². The summed E-state index contributed by atoms with van der Waals surface area (Å²) in [6.07, 6.45) is 3.39. The first-order chi connectivity index (χ1) is 12.4. The first-order valence-electron chi connectivity index (χ1n) is 8.06. The number of primary amides is 1. The molecule has 0 bridgehead atoms. The monoisotopic (exact) mass is 353 g/mol. The number of hydrogen-bond acceptors (Lipinski definition) is 5. The van der Waals surface area contributed by atoms with Crippen molar-refractivity contribution in [1.29, 1.82) is 0 Å². The Balaban J connectivity index is 1.85. The maximum atomic E-state index is 12.9. The number of phenolic OH excluding ortho intramolecular Hbond substituents is 1. The number of carbonyl (C=O) groups is 2. The Kier molecular flexibility index (Phi) is 4.57. The van der Waals surface area contributed by atoms with Crippen LogP contribution in [0.2, 0.25) is 0 Å². The molecule has 8 nitrogen and oxygen atoms in total. The lowest BCUT2D eigenvalue weighted by atomic mass is 10.1. The van der Waals surface area contributed by atoms with Gasteiger partial charge in [-0.05, 0) is 37.1 Å². The number of phenols is 1. The van der Waals surface area contributed by atoms with Crippen molar-refractivity contribution >= 4 is 17.5 Å².